The van der Waals surface area contributed by atoms with Gasteiger partial charge in [0, 0.05) is 0 Å². The van der Waals surface area contributed by atoms with Gasteiger partial charge < -0.3 is 10.4 Å². The summed E-state index contributed by atoms with van der Waals surface area (Å²) in [5, 5.41) is 16.0. The molecule has 6 nitrogen and oxygen atoms in total. The summed E-state index contributed by atoms with van der Waals surface area (Å²) in [5.74, 6) is -1.28. The molecule has 2 N–H and O–H groups in total. The Balaban J connectivity index is 2.95. The molecule has 20 heavy (non-hydrogen) atoms. The number of carbonyl (C=O) groups is 2. The molecule has 0 aromatic carbocycles. The molecule has 7 heteroatoms. The minimum Gasteiger partial charge on any atom is -0.481 e. The highest BCUT2D eigenvalue weighted by Gasteiger charge is 2.44. The molecule has 0 bridgehead atoms. The predicted molar refractivity (Wildman–Crippen MR) is 76.9 cm³/mol. The largest absolute Gasteiger partial charge is 0.481 e. The highest BCUT2D eigenvalue weighted by molar-refractivity contribution is 7.08. The number of nitrogens with zero attached hydrogens (tertiary/aromatic N) is 2. The maximum Gasteiger partial charge on any atom is 0.311 e. The van der Waals surface area contributed by atoms with Crippen LogP contribution in [0.25, 0.3) is 0 Å². The summed E-state index contributed by atoms with van der Waals surface area (Å²) in [6, 6.07) is 0. The van der Waals surface area contributed by atoms with Crippen LogP contribution < -0.4 is 5.32 Å². The van der Waals surface area contributed by atoms with Gasteiger partial charge in [0.1, 0.15) is 4.88 Å². The Morgan fingerprint density at radius 3 is 2.40 bits per heavy atom. The van der Waals surface area contributed by atoms with Crippen LogP contribution in [-0.2, 0) is 11.2 Å². The summed E-state index contributed by atoms with van der Waals surface area (Å²) in [6.45, 7) is 8.58. The number of hydrogen-bond donors (Lipinski definition) is 2. The van der Waals surface area contributed by atoms with Crippen LogP contribution >= 0.6 is 11.5 Å². The van der Waals surface area contributed by atoms with Gasteiger partial charge in [-0.3, -0.25) is 9.59 Å². The van der Waals surface area contributed by atoms with Gasteiger partial charge in [-0.1, -0.05) is 17.8 Å². The van der Waals surface area contributed by atoms with Crippen LogP contribution in [-0.4, -0.2) is 32.1 Å². The molecule has 0 saturated carbocycles. The molecule has 0 spiro atoms. The Morgan fingerprint density at radius 2 is 1.90 bits per heavy atom. The third-order valence-corrected chi connectivity index (χ3v) is 4.54. The molecular weight excluding hydrogens is 278 g/mol. The van der Waals surface area contributed by atoms with E-state index in [1.54, 1.807) is 27.7 Å². The average molecular weight is 299 g/mol. The van der Waals surface area contributed by atoms with Gasteiger partial charge in [-0.2, -0.15) is 0 Å². The molecule has 1 amide bonds. The third kappa shape index (κ3) is 3.15. The number of aliphatic carboxylic acids is 1. The van der Waals surface area contributed by atoms with E-state index in [9.17, 15) is 14.7 Å². The quantitative estimate of drug-likeness (QED) is 0.839. The Hall–Kier alpha value is -1.50. The Kier molecular flexibility index (Phi) is 4.86. The van der Waals surface area contributed by atoms with Gasteiger partial charge in [0.05, 0.1) is 16.6 Å². The third-order valence-electron chi connectivity index (χ3n) is 3.77. The zero-order chi connectivity index (χ0) is 15.6. The molecule has 0 saturated heterocycles. The molecule has 112 valence electrons. The fraction of sp³-hybridized carbons (Fsp3) is 0.692. The Bertz CT molecular complexity index is 509. The number of carboxylic acids is 1. The van der Waals surface area contributed by atoms with Gasteiger partial charge in [0.15, 0.2) is 0 Å². The number of carbonyl (C=O) groups excluding carboxylic acids is 1. The number of carboxylic acid groups (broad SMARTS) is 1. The van der Waals surface area contributed by atoms with E-state index in [0.717, 1.165) is 18.0 Å². The van der Waals surface area contributed by atoms with Gasteiger partial charge >= 0.3 is 5.97 Å². The van der Waals surface area contributed by atoms with Gasteiger partial charge in [-0.25, -0.2) is 0 Å². The maximum absolute atomic E-state index is 12.3. The predicted octanol–water partition coefficient (Wildman–Crippen LogP) is 2.11. The summed E-state index contributed by atoms with van der Waals surface area (Å²) in [7, 11) is 0. The van der Waals surface area contributed by atoms with Crippen molar-refractivity contribution in [2.24, 2.45) is 5.41 Å². The highest BCUT2D eigenvalue weighted by Crippen LogP contribution is 2.31. The molecule has 0 unspecified atom stereocenters. The van der Waals surface area contributed by atoms with E-state index < -0.39 is 16.9 Å². The molecule has 0 aliphatic carbocycles. The number of hydrogen-bond acceptors (Lipinski definition) is 5. The van der Waals surface area contributed by atoms with Crippen molar-refractivity contribution in [1.82, 2.24) is 14.9 Å². The van der Waals surface area contributed by atoms with Crippen molar-refractivity contribution >= 4 is 23.4 Å². The standard InChI is InChI=1S/C13H21N3O3S/c1-6-7-8-9(20-16-15-8)10(17)14-13(4,5)12(2,3)11(18)19/h6-7H2,1-5H3,(H,14,17)(H,18,19). The number of amides is 1. The fourth-order valence-corrected chi connectivity index (χ4v) is 2.15. The second-order valence-electron chi connectivity index (χ2n) is 5.81. The topological polar surface area (TPSA) is 92.2 Å². The van der Waals surface area contributed by atoms with E-state index in [-0.39, 0.29) is 5.91 Å². The van der Waals surface area contributed by atoms with E-state index in [2.05, 4.69) is 14.9 Å². The van der Waals surface area contributed by atoms with E-state index >= 15 is 0 Å². The molecule has 0 aliphatic rings. The van der Waals surface area contributed by atoms with E-state index in [1.165, 1.54) is 0 Å². The molecule has 0 fully saturated rings. The van der Waals surface area contributed by atoms with Crippen molar-refractivity contribution in [3.63, 3.8) is 0 Å². The average Bonchev–Trinajstić information content (AvgIpc) is 2.76. The smallest absolute Gasteiger partial charge is 0.311 e. The molecule has 1 aromatic heterocycles. The lowest BCUT2D eigenvalue weighted by molar-refractivity contribution is -0.150. The molecule has 0 aliphatic heterocycles. The van der Waals surface area contributed by atoms with Crippen molar-refractivity contribution in [3.8, 4) is 0 Å². The second-order valence-corrected chi connectivity index (χ2v) is 6.56. The van der Waals surface area contributed by atoms with Crippen molar-refractivity contribution in [2.75, 3.05) is 0 Å². The number of aromatic nitrogens is 2. The van der Waals surface area contributed by atoms with Crippen LogP contribution in [0.15, 0.2) is 0 Å². The van der Waals surface area contributed by atoms with Crippen LogP contribution in [0.4, 0.5) is 0 Å². The Labute approximate surface area is 122 Å². The van der Waals surface area contributed by atoms with Gasteiger partial charge in [0.2, 0.25) is 0 Å². The van der Waals surface area contributed by atoms with Crippen LogP contribution in [0.1, 0.15) is 56.4 Å². The lowest BCUT2D eigenvalue weighted by Crippen LogP contribution is -2.56. The number of rotatable bonds is 6. The van der Waals surface area contributed by atoms with Gasteiger partial charge in [-0.15, -0.1) is 5.10 Å². The van der Waals surface area contributed by atoms with Gasteiger partial charge in [-0.05, 0) is 45.6 Å². The number of nitrogens with one attached hydrogen (secondary N) is 1. The van der Waals surface area contributed by atoms with E-state index in [4.69, 9.17) is 0 Å². The highest BCUT2D eigenvalue weighted by atomic mass is 32.1. The SMILES string of the molecule is CCCc1nnsc1C(=O)NC(C)(C)C(C)(C)C(=O)O. The maximum atomic E-state index is 12.3. The summed E-state index contributed by atoms with van der Waals surface area (Å²) in [4.78, 5) is 24.1. The van der Waals surface area contributed by atoms with Crippen LogP contribution in [0, 0.1) is 5.41 Å². The van der Waals surface area contributed by atoms with Crippen molar-refractivity contribution in [2.45, 2.75) is 53.0 Å². The van der Waals surface area contributed by atoms with Crippen LogP contribution in [0.3, 0.4) is 0 Å². The molecule has 1 heterocycles. The number of aryl methyl sites for hydroxylation is 1. The lowest BCUT2D eigenvalue weighted by Gasteiger charge is -2.38. The van der Waals surface area contributed by atoms with Crippen LogP contribution in [0.2, 0.25) is 0 Å². The van der Waals surface area contributed by atoms with Crippen molar-refractivity contribution in [3.05, 3.63) is 10.6 Å². The lowest BCUT2D eigenvalue weighted by atomic mass is 9.74. The second kappa shape index (κ2) is 5.87. The minimum absolute atomic E-state index is 0.317. The first kappa shape index (κ1) is 16.6. The summed E-state index contributed by atoms with van der Waals surface area (Å²) >= 11 is 1.04. The normalized spacial score (nSPS) is 12.2. The van der Waals surface area contributed by atoms with Crippen molar-refractivity contribution < 1.29 is 14.7 Å². The molecule has 0 atom stereocenters. The first-order valence-corrected chi connectivity index (χ1v) is 7.28. The van der Waals surface area contributed by atoms with Crippen LogP contribution in [0.5, 0.6) is 0 Å². The molecule has 1 rings (SSSR count). The molecular formula is C13H21N3O3S. The van der Waals surface area contributed by atoms with E-state index in [1.807, 2.05) is 6.92 Å². The fourth-order valence-electron chi connectivity index (χ4n) is 1.55. The van der Waals surface area contributed by atoms with E-state index in [0.29, 0.717) is 17.0 Å². The first-order valence-electron chi connectivity index (χ1n) is 6.50. The van der Waals surface area contributed by atoms with Crippen molar-refractivity contribution in [1.29, 1.82) is 0 Å². The zero-order valence-corrected chi connectivity index (χ0v) is 13.3. The Morgan fingerprint density at radius 1 is 1.30 bits per heavy atom. The summed E-state index contributed by atoms with van der Waals surface area (Å²) in [5.41, 5.74) is -1.33. The summed E-state index contributed by atoms with van der Waals surface area (Å²) in [6.07, 6.45) is 1.55. The monoisotopic (exact) mass is 299 g/mol. The molecule has 0 radical (unpaired) electrons. The zero-order valence-electron chi connectivity index (χ0n) is 12.5. The molecule has 1 aromatic rings. The first-order chi connectivity index (χ1) is 9.13. The minimum atomic E-state index is -1.09. The van der Waals surface area contributed by atoms with Gasteiger partial charge in [0.25, 0.3) is 5.91 Å². The summed E-state index contributed by atoms with van der Waals surface area (Å²) < 4.78 is 3.80.